The Morgan fingerprint density at radius 1 is 1.33 bits per heavy atom. The molecule has 15 heavy (non-hydrogen) atoms. The van der Waals surface area contributed by atoms with Gasteiger partial charge in [0.1, 0.15) is 0 Å². The maximum absolute atomic E-state index is 5.56. The highest BCUT2D eigenvalue weighted by atomic mass is 32.1. The molecule has 1 heterocycles. The van der Waals surface area contributed by atoms with Crippen LogP contribution in [0.25, 0.3) is 0 Å². The van der Waals surface area contributed by atoms with Crippen LogP contribution in [0, 0.1) is 6.92 Å². The van der Waals surface area contributed by atoms with E-state index in [0.717, 1.165) is 16.3 Å². The summed E-state index contributed by atoms with van der Waals surface area (Å²) in [5.74, 6) is 0. The fraction of sp³-hybridized carbons (Fsp3) is 0.250. The van der Waals surface area contributed by atoms with E-state index in [4.69, 9.17) is 5.73 Å². The number of rotatable bonds is 3. The number of aryl methyl sites for hydroxylation is 1. The second kappa shape index (κ2) is 4.55. The Kier molecular flexibility index (Phi) is 3.14. The highest BCUT2D eigenvalue weighted by Crippen LogP contribution is 2.18. The number of nitrogens with two attached hydrogens (primary N) is 1. The number of hydrogen-bond donors (Lipinski definition) is 1. The van der Waals surface area contributed by atoms with Crippen LogP contribution in [0.4, 0.5) is 0 Å². The molecular formula is C12H14N2S. The molecule has 1 aromatic heterocycles. The molecule has 0 spiro atoms. The van der Waals surface area contributed by atoms with Crippen LogP contribution in [0.15, 0.2) is 30.5 Å². The SMILES string of the molecule is Cc1ccccc1Cc1ncc(CN)s1. The van der Waals surface area contributed by atoms with Crippen LogP contribution >= 0.6 is 11.3 Å². The number of nitrogens with zero attached hydrogens (tertiary/aromatic N) is 1. The second-order valence-corrected chi connectivity index (χ2v) is 4.73. The summed E-state index contributed by atoms with van der Waals surface area (Å²) in [6, 6.07) is 8.41. The first kappa shape index (κ1) is 10.3. The average molecular weight is 218 g/mol. The molecule has 2 aromatic rings. The van der Waals surface area contributed by atoms with E-state index in [1.807, 2.05) is 6.20 Å². The summed E-state index contributed by atoms with van der Waals surface area (Å²) in [5.41, 5.74) is 8.22. The maximum atomic E-state index is 5.56. The van der Waals surface area contributed by atoms with Gasteiger partial charge in [-0.1, -0.05) is 24.3 Å². The van der Waals surface area contributed by atoms with Gasteiger partial charge in [-0.15, -0.1) is 11.3 Å². The summed E-state index contributed by atoms with van der Waals surface area (Å²) in [5, 5.41) is 1.14. The summed E-state index contributed by atoms with van der Waals surface area (Å²) in [6.07, 6.45) is 2.79. The minimum atomic E-state index is 0.589. The van der Waals surface area contributed by atoms with Gasteiger partial charge in [-0.3, -0.25) is 0 Å². The van der Waals surface area contributed by atoms with Crippen molar-refractivity contribution in [1.29, 1.82) is 0 Å². The van der Waals surface area contributed by atoms with Crippen molar-refractivity contribution in [2.24, 2.45) is 5.73 Å². The van der Waals surface area contributed by atoms with Gasteiger partial charge in [0.2, 0.25) is 0 Å². The van der Waals surface area contributed by atoms with Crippen molar-refractivity contribution >= 4 is 11.3 Å². The predicted octanol–water partition coefficient (Wildman–Crippen LogP) is 2.50. The van der Waals surface area contributed by atoms with Crippen LogP contribution in [0.3, 0.4) is 0 Å². The zero-order chi connectivity index (χ0) is 10.7. The zero-order valence-corrected chi connectivity index (χ0v) is 9.55. The average Bonchev–Trinajstić information content (AvgIpc) is 2.69. The highest BCUT2D eigenvalue weighted by molar-refractivity contribution is 7.11. The van der Waals surface area contributed by atoms with Crippen LogP contribution < -0.4 is 5.73 Å². The lowest BCUT2D eigenvalue weighted by Gasteiger charge is -2.01. The summed E-state index contributed by atoms with van der Waals surface area (Å²) in [7, 11) is 0. The van der Waals surface area contributed by atoms with E-state index >= 15 is 0 Å². The number of benzene rings is 1. The first-order chi connectivity index (χ1) is 7.29. The monoisotopic (exact) mass is 218 g/mol. The number of thiazole rings is 1. The molecule has 3 heteroatoms. The Morgan fingerprint density at radius 2 is 2.13 bits per heavy atom. The molecule has 0 aliphatic rings. The van der Waals surface area contributed by atoms with Crippen molar-refractivity contribution in [3.63, 3.8) is 0 Å². The van der Waals surface area contributed by atoms with Gasteiger partial charge in [-0.2, -0.15) is 0 Å². The van der Waals surface area contributed by atoms with Gasteiger partial charge in [0.05, 0.1) is 5.01 Å². The van der Waals surface area contributed by atoms with Crippen molar-refractivity contribution < 1.29 is 0 Å². The summed E-state index contributed by atoms with van der Waals surface area (Å²) in [4.78, 5) is 5.51. The molecule has 0 saturated heterocycles. The van der Waals surface area contributed by atoms with Crippen molar-refractivity contribution in [1.82, 2.24) is 4.98 Å². The topological polar surface area (TPSA) is 38.9 Å². The normalized spacial score (nSPS) is 10.5. The zero-order valence-electron chi connectivity index (χ0n) is 8.73. The lowest BCUT2D eigenvalue weighted by molar-refractivity contribution is 1.08. The van der Waals surface area contributed by atoms with Crippen molar-refractivity contribution in [3.8, 4) is 0 Å². The van der Waals surface area contributed by atoms with Crippen molar-refractivity contribution in [3.05, 3.63) is 51.5 Å². The Bertz CT molecular complexity index is 448. The molecule has 0 aliphatic heterocycles. The summed E-state index contributed by atoms with van der Waals surface area (Å²) >= 11 is 1.70. The summed E-state index contributed by atoms with van der Waals surface area (Å²) in [6.45, 7) is 2.72. The fourth-order valence-corrected chi connectivity index (χ4v) is 2.32. The van der Waals surface area contributed by atoms with Crippen LogP contribution in [0.5, 0.6) is 0 Å². The van der Waals surface area contributed by atoms with Gasteiger partial charge in [0.15, 0.2) is 0 Å². The standard InChI is InChI=1S/C12H14N2S/c1-9-4-2-3-5-10(9)6-12-14-8-11(7-13)15-12/h2-5,8H,6-7,13H2,1H3. The van der Waals surface area contributed by atoms with Gasteiger partial charge < -0.3 is 5.73 Å². The van der Waals surface area contributed by atoms with Gasteiger partial charge in [0.25, 0.3) is 0 Å². The highest BCUT2D eigenvalue weighted by Gasteiger charge is 2.03. The Morgan fingerprint density at radius 3 is 2.80 bits per heavy atom. The Balaban J connectivity index is 2.18. The maximum Gasteiger partial charge on any atom is 0.0972 e. The Labute approximate surface area is 93.8 Å². The molecule has 0 radical (unpaired) electrons. The molecule has 0 unspecified atom stereocenters. The van der Waals surface area contributed by atoms with Gasteiger partial charge >= 0.3 is 0 Å². The third-order valence-electron chi connectivity index (χ3n) is 2.41. The van der Waals surface area contributed by atoms with Crippen LogP contribution in [0.1, 0.15) is 21.0 Å². The quantitative estimate of drug-likeness (QED) is 0.859. The third kappa shape index (κ3) is 2.43. The summed E-state index contributed by atoms with van der Waals surface area (Å²) < 4.78 is 0. The lowest BCUT2D eigenvalue weighted by atomic mass is 10.1. The first-order valence-corrected chi connectivity index (χ1v) is 5.79. The first-order valence-electron chi connectivity index (χ1n) is 4.97. The molecule has 0 saturated carbocycles. The molecule has 1 aromatic carbocycles. The molecule has 0 fully saturated rings. The van der Waals surface area contributed by atoms with Crippen LogP contribution in [-0.2, 0) is 13.0 Å². The minimum Gasteiger partial charge on any atom is -0.326 e. The largest absolute Gasteiger partial charge is 0.326 e. The number of hydrogen-bond acceptors (Lipinski definition) is 3. The van der Waals surface area contributed by atoms with E-state index in [-0.39, 0.29) is 0 Å². The molecule has 0 amide bonds. The fourth-order valence-electron chi connectivity index (χ4n) is 1.50. The molecule has 2 N–H and O–H groups in total. The molecule has 0 atom stereocenters. The third-order valence-corrected chi connectivity index (χ3v) is 3.43. The van der Waals surface area contributed by atoms with E-state index < -0.39 is 0 Å². The van der Waals surface area contributed by atoms with Gasteiger partial charge in [-0.05, 0) is 18.1 Å². The smallest absolute Gasteiger partial charge is 0.0972 e. The second-order valence-electron chi connectivity index (χ2n) is 3.53. The molecular weight excluding hydrogens is 204 g/mol. The predicted molar refractivity (Wildman–Crippen MR) is 64.0 cm³/mol. The van der Waals surface area contributed by atoms with Crippen LogP contribution in [0.2, 0.25) is 0 Å². The molecule has 2 rings (SSSR count). The van der Waals surface area contributed by atoms with E-state index in [1.54, 1.807) is 11.3 Å². The van der Waals surface area contributed by atoms with E-state index in [1.165, 1.54) is 11.1 Å². The van der Waals surface area contributed by atoms with E-state index in [2.05, 4.69) is 36.2 Å². The minimum absolute atomic E-state index is 0.589. The van der Waals surface area contributed by atoms with E-state index in [0.29, 0.717) is 6.54 Å². The van der Waals surface area contributed by atoms with Gasteiger partial charge in [-0.25, -0.2) is 4.98 Å². The van der Waals surface area contributed by atoms with Crippen molar-refractivity contribution in [2.45, 2.75) is 19.9 Å². The number of aromatic nitrogens is 1. The van der Waals surface area contributed by atoms with E-state index in [9.17, 15) is 0 Å². The Hall–Kier alpha value is -1.19. The molecule has 0 bridgehead atoms. The lowest BCUT2D eigenvalue weighted by Crippen LogP contribution is -1.91. The molecule has 0 aliphatic carbocycles. The van der Waals surface area contributed by atoms with Gasteiger partial charge in [0, 0.05) is 24.0 Å². The molecule has 2 nitrogen and oxygen atoms in total. The molecule has 78 valence electrons. The van der Waals surface area contributed by atoms with Crippen molar-refractivity contribution in [2.75, 3.05) is 0 Å². The van der Waals surface area contributed by atoms with Crippen LogP contribution in [-0.4, -0.2) is 4.98 Å².